The van der Waals surface area contributed by atoms with E-state index in [-0.39, 0.29) is 5.91 Å². The Morgan fingerprint density at radius 2 is 2.19 bits per heavy atom. The van der Waals surface area contributed by atoms with Gasteiger partial charge >= 0.3 is 5.97 Å². The summed E-state index contributed by atoms with van der Waals surface area (Å²) in [4.78, 5) is 25.5. The lowest BCUT2D eigenvalue weighted by molar-refractivity contribution is -0.156. The average molecular weight is 354 g/mol. The van der Waals surface area contributed by atoms with Crippen LogP contribution < -0.4 is 0 Å². The lowest BCUT2D eigenvalue weighted by atomic mass is 9.93. The van der Waals surface area contributed by atoms with Crippen molar-refractivity contribution in [3.63, 3.8) is 0 Å². The molecule has 0 saturated carbocycles. The number of hydrogen-bond donors (Lipinski definition) is 1. The molecule has 21 heavy (non-hydrogen) atoms. The minimum absolute atomic E-state index is 0.203. The van der Waals surface area contributed by atoms with E-state index in [0.717, 1.165) is 22.0 Å². The molecule has 3 rings (SSSR count). The van der Waals surface area contributed by atoms with Gasteiger partial charge in [-0.15, -0.1) is 0 Å². The molecule has 1 N–H and O–H groups in total. The predicted molar refractivity (Wildman–Crippen MR) is 78.8 cm³/mol. The van der Waals surface area contributed by atoms with E-state index in [1.54, 1.807) is 0 Å². The predicted octanol–water partition coefficient (Wildman–Crippen LogP) is 1.97. The first-order valence-electron chi connectivity index (χ1n) is 6.99. The third kappa shape index (κ3) is 2.70. The highest BCUT2D eigenvalue weighted by molar-refractivity contribution is 9.10. The smallest absolute Gasteiger partial charge is 0.326 e. The second kappa shape index (κ2) is 5.77. The second-order valence-electron chi connectivity index (χ2n) is 5.40. The molecule has 1 amide bonds. The molecule has 5 nitrogen and oxygen atoms in total. The Morgan fingerprint density at radius 1 is 1.38 bits per heavy atom. The zero-order valence-corrected chi connectivity index (χ0v) is 13.0. The van der Waals surface area contributed by atoms with E-state index in [4.69, 9.17) is 4.74 Å². The maximum Gasteiger partial charge on any atom is 0.326 e. The summed E-state index contributed by atoms with van der Waals surface area (Å²) < 4.78 is 6.31. The number of ether oxygens (including phenoxy) is 1. The number of carbonyl (C=O) groups is 2. The van der Waals surface area contributed by atoms with Crippen molar-refractivity contribution in [3.05, 3.63) is 33.8 Å². The largest absolute Gasteiger partial charge is 0.480 e. The molecule has 1 aromatic carbocycles. The first-order chi connectivity index (χ1) is 10.1. The number of carboxylic acids is 1. The van der Waals surface area contributed by atoms with E-state index in [1.807, 2.05) is 18.2 Å². The highest BCUT2D eigenvalue weighted by atomic mass is 79.9. The molecule has 6 heteroatoms. The van der Waals surface area contributed by atoms with E-state index in [9.17, 15) is 14.7 Å². The van der Waals surface area contributed by atoms with Crippen molar-refractivity contribution in [1.29, 1.82) is 0 Å². The number of rotatable bonds is 2. The topological polar surface area (TPSA) is 66.8 Å². The molecule has 112 valence electrons. The quantitative estimate of drug-likeness (QED) is 0.882. The molecular formula is C15H16BrNO4. The van der Waals surface area contributed by atoms with Gasteiger partial charge in [0.2, 0.25) is 0 Å². The number of benzene rings is 1. The third-order valence-electron chi connectivity index (χ3n) is 4.10. The minimum atomic E-state index is -0.970. The molecule has 1 fully saturated rings. The van der Waals surface area contributed by atoms with Crippen LogP contribution in [0, 0.1) is 0 Å². The highest BCUT2D eigenvalue weighted by Gasteiger charge is 2.39. The first-order valence-corrected chi connectivity index (χ1v) is 7.78. The minimum Gasteiger partial charge on any atom is -0.480 e. The number of aliphatic carboxylic acids is 1. The molecule has 2 unspecified atom stereocenters. The Balaban J connectivity index is 1.91. The van der Waals surface area contributed by atoms with Gasteiger partial charge in [-0.25, -0.2) is 4.79 Å². The fourth-order valence-corrected chi connectivity index (χ4v) is 3.56. The maximum atomic E-state index is 12.5. The van der Waals surface area contributed by atoms with Crippen molar-refractivity contribution in [2.24, 2.45) is 0 Å². The van der Waals surface area contributed by atoms with Crippen LogP contribution in [-0.2, 0) is 27.3 Å². The average Bonchev–Trinajstić information content (AvgIpc) is 2.99. The Kier molecular flexibility index (Phi) is 3.99. The normalized spacial score (nSPS) is 24.7. The lowest BCUT2D eigenvalue weighted by Crippen LogP contribution is -2.51. The van der Waals surface area contributed by atoms with E-state index in [0.29, 0.717) is 26.0 Å². The van der Waals surface area contributed by atoms with Gasteiger partial charge in [-0.3, -0.25) is 4.79 Å². The van der Waals surface area contributed by atoms with Crippen LogP contribution in [0.5, 0.6) is 0 Å². The lowest BCUT2D eigenvalue weighted by Gasteiger charge is -2.36. The van der Waals surface area contributed by atoms with Gasteiger partial charge in [0, 0.05) is 24.0 Å². The standard InChI is InChI=1S/C15H16BrNO4/c16-11-4-1-3-9-8-17(12(15(19)20)7-10(9)11)14(18)13-5-2-6-21-13/h1,3-4,12-13H,2,5-8H2,(H,19,20). The van der Waals surface area contributed by atoms with Gasteiger partial charge in [-0.05, 0) is 30.0 Å². The van der Waals surface area contributed by atoms with E-state index in [2.05, 4.69) is 15.9 Å². The summed E-state index contributed by atoms with van der Waals surface area (Å²) in [5, 5.41) is 9.47. The summed E-state index contributed by atoms with van der Waals surface area (Å²) in [6.07, 6.45) is 1.36. The van der Waals surface area contributed by atoms with Gasteiger partial charge in [0.25, 0.3) is 5.91 Å². The zero-order chi connectivity index (χ0) is 15.0. The summed E-state index contributed by atoms with van der Waals surface area (Å²) in [6, 6.07) is 4.91. The van der Waals surface area contributed by atoms with Crippen LogP contribution in [0.3, 0.4) is 0 Å². The number of carbonyl (C=O) groups excluding carboxylic acids is 1. The Labute approximate surface area is 131 Å². The van der Waals surface area contributed by atoms with E-state index >= 15 is 0 Å². The molecular weight excluding hydrogens is 338 g/mol. The Bertz CT molecular complexity index is 583. The van der Waals surface area contributed by atoms with Crippen LogP contribution in [0.2, 0.25) is 0 Å². The second-order valence-corrected chi connectivity index (χ2v) is 6.26. The fourth-order valence-electron chi connectivity index (χ4n) is 2.99. The van der Waals surface area contributed by atoms with Crippen LogP contribution in [0.25, 0.3) is 0 Å². The third-order valence-corrected chi connectivity index (χ3v) is 4.85. The molecule has 0 bridgehead atoms. The molecule has 2 aliphatic rings. The Hall–Kier alpha value is -1.40. The van der Waals surface area contributed by atoms with Gasteiger partial charge in [0.1, 0.15) is 12.1 Å². The van der Waals surface area contributed by atoms with Crippen LogP contribution >= 0.6 is 15.9 Å². The van der Waals surface area contributed by atoms with Crippen molar-refractivity contribution >= 4 is 27.8 Å². The molecule has 2 heterocycles. The molecule has 2 atom stereocenters. The first kappa shape index (κ1) is 14.5. The molecule has 0 spiro atoms. The van der Waals surface area contributed by atoms with E-state index in [1.165, 1.54) is 4.90 Å². The highest BCUT2D eigenvalue weighted by Crippen LogP contribution is 2.31. The van der Waals surface area contributed by atoms with Gasteiger partial charge < -0.3 is 14.7 Å². The van der Waals surface area contributed by atoms with Gasteiger partial charge in [-0.2, -0.15) is 0 Å². The van der Waals surface area contributed by atoms with Crippen LogP contribution in [0.1, 0.15) is 24.0 Å². The van der Waals surface area contributed by atoms with Crippen LogP contribution in [0.15, 0.2) is 22.7 Å². The van der Waals surface area contributed by atoms with Crippen molar-refractivity contribution < 1.29 is 19.4 Å². The molecule has 0 aromatic heterocycles. The molecule has 1 saturated heterocycles. The number of halogens is 1. The van der Waals surface area contributed by atoms with Crippen molar-refractivity contribution in [1.82, 2.24) is 4.90 Å². The van der Waals surface area contributed by atoms with Crippen LogP contribution in [0.4, 0.5) is 0 Å². The molecule has 0 aliphatic carbocycles. The summed E-state index contributed by atoms with van der Waals surface area (Å²) in [7, 11) is 0. The van der Waals surface area contributed by atoms with Crippen LogP contribution in [-0.4, -0.2) is 40.6 Å². The summed E-state index contributed by atoms with van der Waals surface area (Å²) in [5.74, 6) is -1.17. The summed E-state index contributed by atoms with van der Waals surface area (Å²) in [5.41, 5.74) is 1.97. The molecule has 0 radical (unpaired) electrons. The van der Waals surface area contributed by atoms with Crippen molar-refractivity contribution in [3.8, 4) is 0 Å². The van der Waals surface area contributed by atoms with Gasteiger partial charge in [-0.1, -0.05) is 28.1 Å². The van der Waals surface area contributed by atoms with Crippen molar-refractivity contribution in [2.75, 3.05) is 6.61 Å². The maximum absolute atomic E-state index is 12.5. The summed E-state index contributed by atoms with van der Waals surface area (Å²) in [6.45, 7) is 0.897. The van der Waals surface area contributed by atoms with E-state index < -0.39 is 18.1 Å². The van der Waals surface area contributed by atoms with Gasteiger partial charge in [0.15, 0.2) is 0 Å². The number of amides is 1. The molecule has 2 aliphatic heterocycles. The monoisotopic (exact) mass is 353 g/mol. The SMILES string of the molecule is O=C(O)C1Cc2c(Br)cccc2CN1C(=O)C1CCCO1. The van der Waals surface area contributed by atoms with Gasteiger partial charge in [0.05, 0.1) is 0 Å². The fraction of sp³-hybridized carbons (Fsp3) is 0.467. The zero-order valence-electron chi connectivity index (χ0n) is 11.4. The van der Waals surface area contributed by atoms with Crippen molar-refractivity contribution in [2.45, 2.75) is 38.0 Å². The number of hydrogen-bond acceptors (Lipinski definition) is 3. The number of carboxylic acid groups (broad SMARTS) is 1. The number of fused-ring (bicyclic) bond motifs is 1. The Morgan fingerprint density at radius 3 is 2.86 bits per heavy atom. The number of nitrogens with zero attached hydrogens (tertiary/aromatic N) is 1. The molecule has 1 aromatic rings. The summed E-state index contributed by atoms with van der Waals surface area (Å²) >= 11 is 3.46.